The minimum absolute atomic E-state index is 0.0214. The van der Waals surface area contributed by atoms with Gasteiger partial charge in [0, 0.05) is 19.6 Å². The normalized spacial score (nSPS) is 24.4. The summed E-state index contributed by atoms with van der Waals surface area (Å²) in [5.41, 5.74) is 0.756. The Morgan fingerprint density at radius 2 is 1.95 bits per heavy atom. The average Bonchev–Trinajstić information content (AvgIpc) is 2.26. The molecule has 0 saturated carbocycles. The third-order valence-corrected chi connectivity index (χ3v) is 3.56. The van der Waals surface area contributed by atoms with Crippen LogP contribution in [0, 0.1) is 17.7 Å². The number of carboxylic acid groups (broad SMARTS) is 1. The van der Waals surface area contributed by atoms with E-state index in [9.17, 15) is 9.18 Å². The van der Waals surface area contributed by atoms with E-state index in [0.717, 1.165) is 24.7 Å². The van der Waals surface area contributed by atoms with Crippen LogP contribution >= 0.6 is 0 Å². The van der Waals surface area contributed by atoms with Crippen LogP contribution in [0.15, 0.2) is 18.2 Å². The summed E-state index contributed by atoms with van der Waals surface area (Å²) in [6.45, 7) is 7.03. The Balaban J connectivity index is 2.12. The molecule has 0 radical (unpaired) electrons. The summed E-state index contributed by atoms with van der Waals surface area (Å²) in [5.74, 6) is -0.290. The Hall–Kier alpha value is -1.42. The summed E-state index contributed by atoms with van der Waals surface area (Å²) in [6, 6.07) is 4.05. The predicted molar refractivity (Wildman–Crippen MR) is 71.6 cm³/mol. The van der Waals surface area contributed by atoms with Gasteiger partial charge < -0.3 is 5.11 Å². The lowest BCUT2D eigenvalue weighted by molar-refractivity contribution is 0.0696. The van der Waals surface area contributed by atoms with Gasteiger partial charge in [0.2, 0.25) is 0 Å². The molecular formula is C15H20FNO2. The SMILES string of the molecule is CC1CC(C)CN(Cc2cc(F)cc(C(=O)O)c2)C1. The fourth-order valence-electron chi connectivity index (χ4n) is 3.04. The second-order valence-electron chi connectivity index (χ2n) is 5.79. The monoisotopic (exact) mass is 265 g/mol. The highest BCUT2D eigenvalue weighted by molar-refractivity contribution is 5.87. The van der Waals surface area contributed by atoms with E-state index in [1.807, 2.05) is 0 Å². The standard InChI is InChI=1S/C15H20FNO2/c1-10-3-11(2)8-17(7-10)9-12-4-13(15(18)19)6-14(16)5-12/h4-6,10-11H,3,7-9H2,1-2H3,(H,18,19). The second kappa shape index (κ2) is 5.70. The van der Waals surface area contributed by atoms with E-state index in [2.05, 4.69) is 18.7 Å². The summed E-state index contributed by atoms with van der Waals surface area (Å²) in [6.07, 6.45) is 1.22. The van der Waals surface area contributed by atoms with Gasteiger partial charge in [0.1, 0.15) is 5.82 Å². The van der Waals surface area contributed by atoms with Gasteiger partial charge in [0.05, 0.1) is 5.56 Å². The number of rotatable bonds is 3. The molecule has 1 aromatic rings. The maximum atomic E-state index is 13.4. The van der Waals surface area contributed by atoms with E-state index < -0.39 is 11.8 Å². The van der Waals surface area contributed by atoms with E-state index >= 15 is 0 Å². The van der Waals surface area contributed by atoms with Crippen molar-refractivity contribution < 1.29 is 14.3 Å². The third kappa shape index (κ3) is 3.77. The summed E-state index contributed by atoms with van der Waals surface area (Å²) >= 11 is 0. The number of benzene rings is 1. The van der Waals surface area contributed by atoms with Gasteiger partial charge in [-0.15, -0.1) is 0 Å². The lowest BCUT2D eigenvalue weighted by atomic mass is 9.91. The van der Waals surface area contributed by atoms with Crippen molar-refractivity contribution in [2.45, 2.75) is 26.8 Å². The van der Waals surface area contributed by atoms with Gasteiger partial charge in [-0.25, -0.2) is 9.18 Å². The number of carboxylic acids is 1. The van der Waals surface area contributed by atoms with Crippen LogP contribution < -0.4 is 0 Å². The number of carbonyl (C=O) groups is 1. The number of halogens is 1. The smallest absolute Gasteiger partial charge is 0.335 e. The number of hydrogen-bond donors (Lipinski definition) is 1. The molecule has 1 heterocycles. The molecule has 1 saturated heterocycles. The first kappa shape index (κ1) is 14.0. The minimum Gasteiger partial charge on any atom is -0.478 e. The van der Waals surface area contributed by atoms with Crippen LogP contribution in [-0.2, 0) is 6.54 Å². The van der Waals surface area contributed by atoms with E-state index in [-0.39, 0.29) is 5.56 Å². The van der Waals surface area contributed by atoms with E-state index in [1.54, 1.807) is 6.07 Å². The maximum absolute atomic E-state index is 13.4. The Labute approximate surface area is 113 Å². The van der Waals surface area contributed by atoms with Crippen LogP contribution in [0.25, 0.3) is 0 Å². The van der Waals surface area contributed by atoms with Gasteiger partial charge in [-0.05, 0) is 42.0 Å². The molecule has 1 N–H and O–H groups in total. The summed E-state index contributed by atoms with van der Waals surface area (Å²) < 4.78 is 13.4. The molecule has 0 bridgehead atoms. The molecule has 4 heteroatoms. The zero-order valence-electron chi connectivity index (χ0n) is 11.4. The number of hydrogen-bond acceptors (Lipinski definition) is 2. The molecule has 3 nitrogen and oxygen atoms in total. The van der Waals surface area contributed by atoms with Crippen molar-refractivity contribution in [2.75, 3.05) is 13.1 Å². The molecule has 2 atom stereocenters. The van der Waals surface area contributed by atoms with Crippen molar-refractivity contribution in [3.8, 4) is 0 Å². The average molecular weight is 265 g/mol. The molecule has 1 aromatic carbocycles. The fraction of sp³-hybridized carbons (Fsp3) is 0.533. The molecule has 2 unspecified atom stereocenters. The van der Waals surface area contributed by atoms with Crippen molar-refractivity contribution in [3.63, 3.8) is 0 Å². The summed E-state index contributed by atoms with van der Waals surface area (Å²) in [4.78, 5) is 13.2. The highest BCUT2D eigenvalue weighted by Crippen LogP contribution is 2.23. The first-order valence-corrected chi connectivity index (χ1v) is 6.69. The summed E-state index contributed by atoms with van der Waals surface area (Å²) in [5, 5.41) is 8.94. The van der Waals surface area contributed by atoms with E-state index in [1.165, 1.54) is 12.5 Å². The van der Waals surface area contributed by atoms with Crippen LogP contribution in [-0.4, -0.2) is 29.1 Å². The number of aromatic carboxylic acids is 1. The first-order valence-electron chi connectivity index (χ1n) is 6.69. The zero-order valence-corrected chi connectivity index (χ0v) is 11.4. The van der Waals surface area contributed by atoms with Crippen LogP contribution in [0.4, 0.5) is 4.39 Å². The van der Waals surface area contributed by atoms with Crippen molar-refractivity contribution in [1.82, 2.24) is 4.90 Å². The van der Waals surface area contributed by atoms with Crippen molar-refractivity contribution in [1.29, 1.82) is 0 Å². The van der Waals surface area contributed by atoms with Crippen molar-refractivity contribution >= 4 is 5.97 Å². The van der Waals surface area contributed by atoms with Crippen LogP contribution in [0.2, 0.25) is 0 Å². The van der Waals surface area contributed by atoms with Gasteiger partial charge >= 0.3 is 5.97 Å². The Bertz CT molecular complexity index is 465. The quantitative estimate of drug-likeness (QED) is 0.913. The Morgan fingerprint density at radius 1 is 1.32 bits per heavy atom. The van der Waals surface area contributed by atoms with Gasteiger partial charge in [0.15, 0.2) is 0 Å². The van der Waals surface area contributed by atoms with Gasteiger partial charge in [-0.2, -0.15) is 0 Å². The molecule has 2 rings (SSSR count). The second-order valence-corrected chi connectivity index (χ2v) is 5.79. The largest absolute Gasteiger partial charge is 0.478 e. The van der Waals surface area contributed by atoms with Crippen molar-refractivity contribution in [2.24, 2.45) is 11.8 Å². The zero-order chi connectivity index (χ0) is 14.0. The van der Waals surface area contributed by atoms with Crippen LogP contribution in [0.5, 0.6) is 0 Å². The molecule has 19 heavy (non-hydrogen) atoms. The lowest BCUT2D eigenvalue weighted by Crippen LogP contribution is -2.38. The minimum atomic E-state index is -1.08. The molecule has 1 aliphatic rings. The highest BCUT2D eigenvalue weighted by atomic mass is 19.1. The molecule has 0 aromatic heterocycles. The maximum Gasteiger partial charge on any atom is 0.335 e. The predicted octanol–water partition coefficient (Wildman–Crippen LogP) is 3.00. The topological polar surface area (TPSA) is 40.5 Å². The lowest BCUT2D eigenvalue weighted by Gasteiger charge is -2.35. The van der Waals surface area contributed by atoms with Crippen LogP contribution in [0.3, 0.4) is 0 Å². The number of likely N-dealkylation sites (tertiary alicyclic amines) is 1. The molecule has 0 amide bonds. The Morgan fingerprint density at radius 3 is 2.53 bits per heavy atom. The van der Waals surface area contributed by atoms with E-state index in [4.69, 9.17) is 5.11 Å². The molecule has 0 spiro atoms. The Kier molecular flexibility index (Phi) is 4.20. The van der Waals surface area contributed by atoms with Crippen LogP contribution in [0.1, 0.15) is 36.2 Å². The number of nitrogens with zero attached hydrogens (tertiary/aromatic N) is 1. The highest BCUT2D eigenvalue weighted by Gasteiger charge is 2.22. The van der Waals surface area contributed by atoms with Gasteiger partial charge in [-0.1, -0.05) is 13.8 Å². The molecule has 104 valence electrons. The van der Waals surface area contributed by atoms with Gasteiger partial charge in [0.25, 0.3) is 0 Å². The summed E-state index contributed by atoms with van der Waals surface area (Å²) in [7, 11) is 0. The van der Waals surface area contributed by atoms with Gasteiger partial charge in [-0.3, -0.25) is 4.90 Å². The molecule has 0 aliphatic carbocycles. The van der Waals surface area contributed by atoms with E-state index in [0.29, 0.717) is 18.4 Å². The third-order valence-electron chi connectivity index (χ3n) is 3.56. The number of piperidine rings is 1. The van der Waals surface area contributed by atoms with Crippen molar-refractivity contribution in [3.05, 3.63) is 35.1 Å². The fourth-order valence-corrected chi connectivity index (χ4v) is 3.04. The molecule has 1 fully saturated rings. The molecular weight excluding hydrogens is 245 g/mol. The molecule has 1 aliphatic heterocycles. The first-order chi connectivity index (χ1) is 8.94.